The van der Waals surface area contributed by atoms with Gasteiger partial charge in [0.15, 0.2) is 0 Å². The maximum Gasteiger partial charge on any atom is 0.264 e. The Labute approximate surface area is 182 Å². The molecule has 3 rings (SSSR count). The number of ether oxygens (including phenoxy) is 1. The molecular weight excluding hydrogens is 426 g/mol. The van der Waals surface area contributed by atoms with Crippen molar-refractivity contribution in [3.8, 4) is 5.75 Å². The van der Waals surface area contributed by atoms with E-state index in [4.69, 9.17) is 22.2 Å². The molecule has 0 aliphatic rings. The molecule has 0 spiro atoms. The molecule has 0 aliphatic heterocycles. The second kappa shape index (κ2) is 9.99. The molecule has 156 valence electrons. The van der Waals surface area contributed by atoms with Crippen molar-refractivity contribution >= 4 is 47.1 Å². The molecule has 0 aliphatic carbocycles. The van der Waals surface area contributed by atoms with Crippen molar-refractivity contribution in [1.29, 1.82) is 0 Å². The van der Waals surface area contributed by atoms with Crippen LogP contribution in [0.5, 0.6) is 5.75 Å². The molecule has 1 amide bonds. The van der Waals surface area contributed by atoms with Crippen LogP contribution in [0.25, 0.3) is 0 Å². The molecule has 0 radical (unpaired) electrons. The molecule has 4 N–H and O–H groups in total. The van der Waals surface area contributed by atoms with Crippen molar-refractivity contribution in [1.82, 2.24) is 14.9 Å². The number of hydrogen-bond acceptors (Lipinski definition) is 8. The number of nitrogens with two attached hydrogens (primary N) is 1. The number of nitrogens with zero attached hydrogens (tertiary/aromatic N) is 4. The molecule has 0 unspecified atom stereocenters. The monoisotopic (exact) mass is 445 g/mol. The molecule has 9 nitrogen and oxygen atoms in total. The summed E-state index contributed by atoms with van der Waals surface area (Å²) < 4.78 is 6.40. The molecule has 30 heavy (non-hydrogen) atoms. The van der Waals surface area contributed by atoms with Crippen molar-refractivity contribution in [3.05, 3.63) is 58.6 Å². The highest BCUT2D eigenvalue weighted by Crippen LogP contribution is 2.22. The van der Waals surface area contributed by atoms with Crippen LogP contribution in [0.15, 0.2) is 52.7 Å². The average Bonchev–Trinajstić information content (AvgIpc) is 3.09. The second-order valence-electron chi connectivity index (χ2n) is 6.12. The standard InChI is InChI=1S/C19H20ClN7O2S/c1-12-9-15(29-2)7-8-16(12)23-17(28)11-30-19-26-25-18(27(19)21)24-22-10-13-3-5-14(20)6-4-13/h3-10H,11,21H2,1-2H3,(H,23,28)(H,24,25)/b22-10+. The number of carbonyl (C=O) groups is 1. The number of nitrogen functional groups attached to an aromatic ring is 1. The summed E-state index contributed by atoms with van der Waals surface area (Å²) >= 11 is 7.01. The quantitative estimate of drug-likeness (QED) is 0.211. The van der Waals surface area contributed by atoms with Gasteiger partial charge in [-0.25, -0.2) is 10.1 Å². The van der Waals surface area contributed by atoms with E-state index in [1.807, 2.05) is 25.1 Å². The normalized spacial score (nSPS) is 10.9. The van der Waals surface area contributed by atoms with Gasteiger partial charge in [-0.1, -0.05) is 35.5 Å². The summed E-state index contributed by atoms with van der Waals surface area (Å²) in [5.41, 5.74) is 5.19. The van der Waals surface area contributed by atoms with E-state index in [0.717, 1.165) is 34.3 Å². The Hall–Kier alpha value is -3.24. The molecule has 3 aromatic rings. The number of thioether (sulfide) groups is 1. The highest BCUT2D eigenvalue weighted by atomic mass is 35.5. The van der Waals surface area contributed by atoms with Crippen molar-refractivity contribution in [2.45, 2.75) is 12.1 Å². The van der Waals surface area contributed by atoms with Crippen LogP contribution in [0.4, 0.5) is 11.6 Å². The fraction of sp³-hybridized carbons (Fsp3) is 0.158. The number of rotatable bonds is 8. The third-order valence-corrected chi connectivity index (χ3v) is 5.15. The van der Waals surface area contributed by atoms with E-state index in [1.54, 1.807) is 37.6 Å². The van der Waals surface area contributed by atoms with E-state index < -0.39 is 0 Å². The zero-order valence-corrected chi connectivity index (χ0v) is 17.9. The van der Waals surface area contributed by atoms with E-state index in [-0.39, 0.29) is 17.6 Å². The van der Waals surface area contributed by atoms with Crippen LogP contribution in [-0.2, 0) is 4.79 Å². The Kier molecular flexibility index (Phi) is 7.15. The number of carbonyl (C=O) groups excluding carboxylic acids is 1. The summed E-state index contributed by atoms with van der Waals surface area (Å²) in [5, 5.41) is 15.9. The van der Waals surface area contributed by atoms with Crippen molar-refractivity contribution in [3.63, 3.8) is 0 Å². The lowest BCUT2D eigenvalue weighted by atomic mass is 10.2. The van der Waals surface area contributed by atoms with Crippen molar-refractivity contribution in [2.24, 2.45) is 5.10 Å². The predicted molar refractivity (Wildman–Crippen MR) is 120 cm³/mol. The SMILES string of the molecule is COc1ccc(NC(=O)CSc2nnc(N/N=C/c3ccc(Cl)cc3)n2N)c(C)c1. The summed E-state index contributed by atoms with van der Waals surface area (Å²) in [6, 6.07) is 12.6. The van der Waals surface area contributed by atoms with Gasteiger partial charge in [-0.3, -0.25) is 4.79 Å². The minimum Gasteiger partial charge on any atom is -0.497 e. The number of aromatic nitrogens is 3. The number of hydrogen-bond donors (Lipinski definition) is 3. The molecule has 0 fully saturated rings. The lowest BCUT2D eigenvalue weighted by Crippen LogP contribution is -2.17. The number of halogens is 1. The van der Waals surface area contributed by atoms with Gasteiger partial charge in [0.05, 0.1) is 19.1 Å². The van der Waals surface area contributed by atoms with Crippen LogP contribution in [0.2, 0.25) is 5.02 Å². The van der Waals surface area contributed by atoms with Crippen LogP contribution in [0.1, 0.15) is 11.1 Å². The molecule has 0 saturated heterocycles. The maximum atomic E-state index is 12.3. The zero-order chi connectivity index (χ0) is 21.5. The smallest absolute Gasteiger partial charge is 0.264 e. The molecule has 1 heterocycles. The molecule has 2 aromatic carbocycles. The van der Waals surface area contributed by atoms with E-state index in [9.17, 15) is 4.79 Å². The largest absolute Gasteiger partial charge is 0.497 e. The predicted octanol–water partition coefficient (Wildman–Crippen LogP) is 3.14. The topological polar surface area (TPSA) is 119 Å². The third kappa shape index (κ3) is 5.65. The van der Waals surface area contributed by atoms with Crippen molar-refractivity contribution in [2.75, 3.05) is 29.4 Å². The van der Waals surface area contributed by atoms with Gasteiger partial charge >= 0.3 is 0 Å². The number of anilines is 2. The number of nitrogens with one attached hydrogen (secondary N) is 2. The first kappa shape index (κ1) is 21.5. The lowest BCUT2D eigenvalue weighted by Gasteiger charge is -2.09. The highest BCUT2D eigenvalue weighted by Gasteiger charge is 2.13. The van der Waals surface area contributed by atoms with Gasteiger partial charge in [0.2, 0.25) is 11.1 Å². The fourth-order valence-electron chi connectivity index (χ4n) is 2.38. The van der Waals surface area contributed by atoms with Crippen molar-refractivity contribution < 1.29 is 9.53 Å². The van der Waals surface area contributed by atoms with Gasteiger partial charge in [-0.05, 0) is 48.4 Å². The summed E-state index contributed by atoms with van der Waals surface area (Å²) in [4.78, 5) is 12.3. The molecule has 0 bridgehead atoms. The first-order valence-corrected chi connectivity index (χ1v) is 10.1. The van der Waals surface area contributed by atoms with Gasteiger partial charge in [0.1, 0.15) is 5.75 Å². The minimum absolute atomic E-state index is 0.120. The van der Waals surface area contributed by atoms with Gasteiger partial charge < -0.3 is 15.9 Å². The Morgan fingerprint density at radius 2 is 2.07 bits per heavy atom. The van der Waals surface area contributed by atoms with E-state index in [2.05, 4.69) is 26.0 Å². The highest BCUT2D eigenvalue weighted by molar-refractivity contribution is 7.99. The molecular formula is C19H20ClN7O2S. The van der Waals surface area contributed by atoms with Crippen LogP contribution in [-0.4, -0.2) is 39.9 Å². The number of hydrazone groups is 1. The zero-order valence-electron chi connectivity index (χ0n) is 16.3. The third-order valence-electron chi connectivity index (χ3n) is 3.95. The molecule has 1 aromatic heterocycles. The average molecular weight is 446 g/mol. The second-order valence-corrected chi connectivity index (χ2v) is 7.49. The molecule has 11 heteroatoms. The summed E-state index contributed by atoms with van der Waals surface area (Å²) in [7, 11) is 1.60. The van der Waals surface area contributed by atoms with Gasteiger partial charge in [0.25, 0.3) is 5.95 Å². The Bertz CT molecular complexity index is 1050. The molecule has 0 saturated carbocycles. The van der Waals surface area contributed by atoms with Crippen LogP contribution in [0, 0.1) is 6.92 Å². The van der Waals surface area contributed by atoms with Crippen LogP contribution in [0.3, 0.4) is 0 Å². The van der Waals surface area contributed by atoms with Gasteiger partial charge in [-0.15, -0.1) is 10.2 Å². The Balaban J connectivity index is 1.53. The van der Waals surface area contributed by atoms with Gasteiger partial charge in [0, 0.05) is 10.7 Å². The van der Waals surface area contributed by atoms with E-state index in [1.165, 1.54) is 4.68 Å². The minimum atomic E-state index is -0.188. The van der Waals surface area contributed by atoms with Crippen LogP contribution < -0.4 is 21.3 Å². The number of benzene rings is 2. The maximum absolute atomic E-state index is 12.3. The summed E-state index contributed by atoms with van der Waals surface area (Å²) in [5.74, 6) is 6.88. The number of methoxy groups -OCH3 is 1. The fourth-order valence-corrected chi connectivity index (χ4v) is 3.17. The van der Waals surface area contributed by atoms with Gasteiger partial charge in [-0.2, -0.15) is 5.10 Å². The summed E-state index contributed by atoms with van der Waals surface area (Å²) in [6.07, 6.45) is 1.60. The first-order valence-electron chi connectivity index (χ1n) is 8.78. The number of amides is 1. The summed E-state index contributed by atoms with van der Waals surface area (Å²) in [6.45, 7) is 1.89. The lowest BCUT2D eigenvalue weighted by molar-refractivity contribution is -0.113. The first-order chi connectivity index (χ1) is 14.5. The Morgan fingerprint density at radius 3 is 2.77 bits per heavy atom. The van der Waals surface area contributed by atoms with E-state index >= 15 is 0 Å². The van der Waals surface area contributed by atoms with E-state index in [0.29, 0.717) is 10.2 Å². The molecule has 0 atom stereocenters. The Morgan fingerprint density at radius 1 is 1.30 bits per heavy atom. The number of aryl methyl sites for hydroxylation is 1. The van der Waals surface area contributed by atoms with Crippen LogP contribution >= 0.6 is 23.4 Å².